The van der Waals surface area contributed by atoms with Crippen molar-refractivity contribution < 1.29 is 9.18 Å². The van der Waals surface area contributed by atoms with E-state index < -0.39 is 0 Å². The largest absolute Gasteiger partial charge is 0.369 e. The SMILES string of the molecule is Cc1ncsc1C(=O)NCCN1CCN(c2ccc(F)cc2)CC1. The van der Waals surface area contributed by atoms with Crippen LogP contribution in [-0.2, 0) is 0 Å². The topological polar surface area (TPSA) is 48.5 Å². The highest BCUT2D eigenvalue weighted by molar-refractivity contribution is 7.11. The van der Waals surface area contributed by atoms with E-state index in [1.54, 1.807) is 5.51 Å². The van der Waals surface area contributed by atoms with Crippen molar-refractivity contribution >= 4 is 22.9 Å². The van der Waals surface area contributed by atoms with E-state index in [1.807, 2.05) is 19.1 Å². The van der Waals surface area contributed by atoms with Crippen LogP contribution >= 0.6 is 11.3 Å². The van der Waals surface area contributed by atoms with E-state index in [4.69, 9.17) is 0 Å². The van der Waals surface area contributed by atoms with Crippen molar-refractivity contribution in [2.24, 2.45) is 0 Å². The maximum Gasteiger partial charge on any atom is 0.263 e. The van der Waals surface area contributed by atoms with Crippen LogP contribution in [-0.4, -0.2) is 55.1 Å². The van der Waals surface area contributed by atoms with Gasteiger partial charge in [-0.3, -0.25) is 9.69 Å². The molecule has 1 N–H and O–H groups in total. The number of aromatic nitrogens is 1. The number of hydrogen-bond donors (Lipinski definition) is 1. The van der Waals surface area contributed by atoms with Gasteiger partial charge in [0, 0.05) is 45.0 Å². The predicted octanol–water partition coefficient (Wildman–Crippen LogP) is 2.14. The normalized spacial score (nSPS) is 15.5. The smallest absolute Gasteiger partial charge is 0.263 e. The molecule has 0 atom stereocenters. The standard InChI is InChI=1S/C17H21FN4OS/c1-13-16(24-12-20-13)17(23)19-6-7-21-8-10-22(11-9-21)15-4-2-14(18)3-5-15/h2-5,12H,6-11H2,1H3,(H,19,23). The molecule has 1 aliphatic rings. The number of carbonyl (C=O) groups is 1. The van der Waals surface area contributed by atoms with Gasteiger partial charge in [-0.2, -0.15) is 0 Å². The summed E-state index contributed by atoms with van der Waals surface area (Å²) in [5, 5.41) is 2.96. The van der Waals surface area contributed by atoms with E-state index in [9.17, 15) is 9.18 Å². The van der Waals surface area contributed by atoms with E-state index in [2.05, 4.69) is 20.1 Å². The number of anilines is 1. The van der Waals surface area contributed by atoms with E-state index in [-0.39, 0.29) is 11.7 Å². The lowest BCUT2D eigenvalue weighted by Crippen LogP contribution is -2.48. The van der Waals surface area contributed by atoms with Crippen molar-refractivity contribution in [1.82, 2.24) is 15.2 Å². The van der Waals surface area contributed by atoms with Crippen molar-refractivity contribution in [1.29, 1.82) is 0 Å². The second-order valence-corrected chi connectivity index (χ2v) is 6.68. The fourth-order valence-corrected chi connectivity index (χ4v) is 3.53. The molecular formula is C17H21FN4OS. The lowest BCUT2D eigenvalue weighted by molar-refractivity contribution is 0.0951. The van der Waals surface area contributed by atoms with E-state index in [0.717, 1.165) is 44.1 Å². The highest BCUT2D eigenvalue weighted by Gasteiger charge is 2.17. The molecule has 1 fully saturated rings. The first kappa shape index (κ1) is 16.9. The molecule has 1 aromatic heterocycles. The quantitative estimate of drug-likeness (QED) is 0.899. The first-order valence-corrected chi connectivity index (χ1v) is 8.92. The molecule has 0 saturated carbocycles. The van der Waals surface area contributed by atoms with Crippen LogP contribution in [0, 0.1) is 12.7 Å². The molecule has 0 aliphatic carbocycles. The second kappa shape index (κ2) is 7.72. The molecule has 1 amide bonds. The third-order valence-corrected chi connectivity index (χ3v) is 5.16. The average molecular weight is 348 g/mol. The van der Waals surface area contributed by atoms with Crippen LogP contribution in [0.15, 0.2) is 29.8 Å². The summed E-state index contributed by atoms with van der Waals surface area (Å²) in [6.45, 7) is 7.01. The Bertz CT molecular complexity index is 680. The fourth-order valence-electron chi connectivity index (χ4n) is 2.81. The Kier molecular flexibility index (Phi) is 5.42. The van der Waals surface area contributed by atoms with Crippen molar-refractivity contribution in [3.63, 3.8) is 0 Å². The lowest BCUT2D eigenvalue weighted by atomic mass is 10.2. The van der Waals surface area contributed by atoms with Gasteiger partial charge < -0.3 is 10.2 Å². The van der Waals surface area contributed by atoms with Crippen LogP contribution in [0.1, 0.15) is 15.4 Å². The molecule has 1 aromatic carbocycles. The Morgan fingerprint density at radius 1 is 1.25 bits per heavy atom. The molecule has 2 heterocycles. The molecule has 24 heavy (non-hydrogen) atoms. The van der Waals surface area contributed by atoms with Crippen LogP contribution in [0.25, 0.3) is 0 Å². The van der Waals surface area contributed by atoms with Crippen molar-refractivity contribution in [3.8, 4) is 0 Å². The van der Waals surface area contributed by atoms with Crippen molar-refractivity contribution in [3.05, 3.63) is 46.2 Å². The van der Waals surface area contributed by atoms with Crippen molar-refractivity contribution in [2.75, 3.05) is 44.2 Å². The minimum absolute atomic E-state index is 0.0417. The van der Waals surface area contributed by atoms with Gasteiger partial charge in [-0.15, -0.1) is 11.3 Å². The van der Waals surface area contributed by atoms with Crippen LogP contribution in [0.4, 0.5) is 10.1 Å². The zero-order valence-corrected chi connectivity index (χ0v) is 14.5. The first-order valence-electron chi connectivity index (χ1n) is 8.04. The third kappa shape index (κ3) is 4.10. The molecule has 0 bridgehead atoms. The average Bonchev–Trinajstić information content (AvgIpc) is 3.02. The molecule has 7 heteroatoms. The zero-order valence-electron chi connectivity index (χ0n) is 13.7. The van der Waals surface area contributed by atoms with Gasteiger partial charge in [0.2, 0.25) is 0 Å². The van der Waals surface area contributed by atoms with Crippen LogP contribution < -0.4 is 10.2 Å². The molecule has 0 spiro atoms. The highest BCUT2D eigenvalue weighted by Crippen LogP contribution is 2.16. The number of nitrogens with one attached hydrogen (secondary N) is 1. The van der Waals surface area contributed by atoms with Gasteiger partial charge in [0.1, 0.15) is 10.7 Å². The molecule has 3 rings (SSSR count). The minimum atomic E-state index is -0.204. The second-order valence-electron chi connectivity index (χ2n) is 5.83. The van der Waals surface area contributed by atoms with Crippen molar-refractivity contribution in [2.45, 2.75) is 6.92 Å². The number of aryl methyl sites for hydroxylation is 1. The Labute approximate surface area is 145 Å². The number of benzene rings is 1. The summed E-state index contributed by atoms with van der Waals surface area (Å²) in [6, 6.07) is 6.64. The van der Waals surface area contributed by atoms with E-state index in [1.165, 1.54) is 23.5 Å². The van der Waals surface area contributed by atoms with Crippen LogP contribution in [0.5, 0.6) is 0 Å². The number of rotatable bonds is 5. The van der Waals surface area contributed by atoms with Gasteiger partial charge in [-0.1, -0.05) is 0 Å². The summed E-state index contributed by atoms with van der Waals surface area (Å²) >= 11 is 1.37. The molecule has 128 valence electrons. The van der Waals surface area contributed by atoms with E-state index >= 15 is 0 Å². The summed E-state index contributed by atoms with van der Waals surface area (Å²) < 4.78 is 13.0. The van der Waals surface area contributed by atoms with Gasteiger partial charge in [0.05, 0.1) is 11.2 Å². The zero-order chi connectivity index (χ0) is 16.9. The number of nitrogens with zero attached hydrogens (tertiary/aromatic N) is 3. The van der Waals surface area contributed by atoms with Gasteiger partial charge in [0.25, 0.3) is 5.91 Å². The Morgan fingerprint density at radius 3 is 2.58 bits per heavy atom. The molecule has 5 nitrogen and oxygen atoms in total. The van der Waals surface area contributed by atoms with E-state index in [0.29, 0.717) is 11.4 Å². The first-order chi connectivity index (χ1) is 11.6. The number of piperazine rings is 1. The highest BCUT2D eigenvalue weighted by atomic mass is 32.1. The summed E-state index contributed by atoms with van der Waals surface area (Å²) in [7, 11) is 0. The Hall–Kier alpha value is -1.99. The Balaban J connectivity index is 1.40. The molecular weight excluding hydrogens is 327 g/mol. The summed E-state index contributed by atoms with van der Waals surface area (Å²) in [5.74, 6) is -0.246. The number of carbonyl (C=O) groups excluding carboxylic acids is 1. The van der Waals surface area contributed by atoms with Crippen LogP contribution in [0.2, 0.25) is 0 Å². The van der Waals surface area contributed by atoms with Crippen LogP contribution in [0.3, 0.4) is 0 Å². The third-order valence-electron chi connectivity index (χ3n) is 4.23. The molecule has 2 aromatic rings. The number of hydrogen-bond acceptors (Lipinski definition) is 5. The Morgan fingerprint density at radius 2 is 1.96 bits per heavy atom. The molecule has 0 unspecified atom stereocenters. The minimum Gasteiger partial charge on any atom is -0.369 e. The summed E-state index contributed by atoms with van der Waals surface area (Å²) in [4.78, 5) is 21.4. The van der Waals surface area contributed by atoms with Gasteiger partial charge >= 0.3 is 0 Å². The van der Waals surface area contributed by atoms with Gasteiger partial charge in [-0.25, -0.2) is 9.37 Å². The lowest BCUT2D eigenvalue weighted by Gasteiger charge is -2.36. The number of halogens is 1. The number of amides is 1. The monoisotopic (exact) mass is 348 g/mol. The molecule has 1 aliphatic heterocycles. The fraction of sp³-hybridized carbons (Fsp3) is 0.412. The maximum atomic E-state index is 13.0. The molecule has 1 saturated heterocycles. The summed E-state index contributed by atoms with van der Waals surface area (Å²) in [6.07, 6.45) is 0. The molecule has 0 radical (unpaired) electrons. The summed E-state index contributed by atoms with van der Waals surface area (Å²) in [5.41, 5.74) is 3.54. The maximum absolute atomic E-state index is 13.0. The predicted molar refractivity (Wildman–Crippen MR) is 94.2 cm³/mol. The van der Waals surface area contributed by atoms with Gasteiger partial charge in [0.15, 0.2) is 0 Å². The van der Waals surface area contributed by atoms with Gasteiger partial charge in [-0.05, 0) is 31.2 Å². The number of thiazole rings is 1.